The minimum atomic E-state index is -0.349. The summed E-state index contributed by atoms with van der Waals surface area (Å²) in [6.07, 6.45) is 0.631. The Morgan fingerprint density at radius 2 is 1.06 bits per heavy atom. The Hall–Kier alpha value is -3.72. The zero-order valence-electron chi connectivity index (χ0n) is 18.4. The first-order chi connectivity index (χ1) is 15.4. The molecule has 0 saturated heterocycles. The maximum atomic E-state index is 10.5. The Bertz CT molecular complexity index is 1160. The fraction of sp³-hybridized carbons (Fsp3) is 0.172. The summed E-state index contributed by atoms with van der Waals surface area (Å²) in [6, 6.07) is 30.4. The van der Waals surface area contributed by atoms with Gasteiger partial charge in [-0.1, -0.05) is 92.7 Å². The van der Waals surface area contributed by atoms with Crippen molar-refractivity contribution in [3.63, 3.8) is 0 Å². The largest absolute Gasteiger partial charge is 0.508 e. The molecule has 3 heteroatoms. The number of rotatable bonds is 6. The van der Waals surface area contributed by atoms with E-state index >= 15 is 0 Å². The van der Waals surface area contributed by atoms with Gasteiger partial charge in [-0.2, -0.15) is 0 Å². The number of aromatic hydroxyl groups is 3. The molecule has 0 atom stereocenters. The van der Waals surface area contributed by atoms with Crippen LogP contribution in [0.3, 0.4) is 0 Å². The zero-order chi connectivity index (χ0) is 22.7. The van der Waals surface area contributed by atoms with E-state index in [-0.39, 0.29) is 22.8 Å². The van der Waals surface area contributed by atoms with Crippen LogP contribution < -0.4 is 0 Å². The van der Waals surface area contributed by atoms with Crippen LogP contribution in [0.5, 0.6) is 17.2 Å². The van der Waals surface area contributed by atoms with Gasteiger partial charge in [0.25, 0.3) is 0 Å². The van der Waals surface area contributed by atoms with E-state index in [1.807, 2.05) is 42.5 Å². The van der Waals surface area contributed by atoms with Crippen molar-refractivity contribution in [2.24, 2.45) is 0 Å². The summed E-state index contributed by atoms with van der Waals surface area (Å²) in [7, 11) is 0. The quantitative estimate of drug-likeness (QED) is 0.331. The van der Waals surface area contributed by atoms with Crippen LogP contribution in [-0.4, -0.2) is 15.3 Å². The highest BCUT2D eigenvalue weighted by atomic mass is 16.3. The average molecular weight is 425 g/mol. The molecule has 0 aliphatic carbocycles. The number of benzene rings is 4. The lowest BCUT2D eigenvalue weighted by atomic mass is 9.77. The van der Waals surface area contributed by atoms with Gasteiger partial charge in [-0.25, -0.2) is 0 Å². The van der Waals surface area contributed by atoms with Crippen molar-refractivity contribution in [3.05, 3.63) is 125 Å². The molecule has 4 aromatic rings. The molecule has 0 aliphatic heterocycles. The molecule has 0 bridgehead atoms. The topological polar surface area (TPSA) is 60.7 Å². The Morgan fingerprint density at radius 1 is 0.594 bits per heavy atom. The van der Waals surface area contributed by atoms with Gasteiger partial charge in [0, 0.05) is 28.0 Å². The number of para-hydroxylation sites is 3. The molecule has 0 amide bonds. The van der Waals surface area contributed by atoms with Gasteiger partial charge in [0.15, 0.2) is 0 Å². The maximum absolute atomic E-state index is 10.5. The number of phenolic OH excluding ortho intramolecular Hbond substituents is 3. The molecule has 0 saturated carbocycles. The van der Waals surface area contributed by atoms with Crippen molar-refractivity contribution in [2.45, 2.75) is 31.6 Å². The van der Waals surface area contributed by atoms with Gasteiger partial charge in [0.2, 0.25) is 0 Å². The van der Waals surface area contributed by atoms with E-state index in [4.69, 9.17) is 0 Å². The summed E-state index contributed by atoms with van der Waals surface area (Å²) >= 11 is 0. The highest BCUT2D eigenvalue weighted by Crippen LogP contribution is 2.39. The number of hydrogen-bond donors (Lipinski definition) is 3. The molecule has 3 nitrogen and oxygen atoms in total. The van der Waals surface area contributed by atoms with Crippen molar-refractivity contribution in [1.29, 1.82) is 0 Å². The normalized spacial score (nSPS) is 11.6. The molecule has 0 unspecified atom stereocenters. The van der Waals surface area contributed by atoms with Gasteiger partial charge in [-0.3, -0.25) is 0 Å². The molecule has 0 aromatic heterocycles. The third-order valence-electron chi connectivity index (χ3n) is 6.32. The van der Waals surface area contributed by atoms with Gasteiger partial charge in [0.1, 0.15) is 17.2 Å². The van der Waals surface area contributed by atoms with Gasteiger partial charge < -0.3 is 15.3 Å². The fourth-order valence-electron chi connectivity index (χ4n) is 4.40. The van der Waals surface area contributed by atoms with Gasteiger partial charge in [-0.15, -0.1) is 0 Å². The predicted octanol–water partition coefficient (Wildman–Crippen LogP) is 6.50. The predicted molar refractivity (Wildman–Crippen MR) is 128 cm³/mol. The first kappa shape index (κ1) is 21.5. The van der Waals surface area contributed by atoms with E-state index in [0.717, 1.165) is 27.8 Å². The molecule has 4 rings (SSSR count). The van der Waals surface area contributed by atoms with Gasteiger partial charge in [-0.05, 0) is 35.7 Å². The van der Waals surface area contributed by atoms with Crippen LogP contribution in [0.1, 0.15) is 47.6 Å². The smallest absolute Gasteiger partial charge is 0.119 e. The second kappa shape index (κ2) is 8.80. The Morgan fingerprint density at radius 3 is 1.56 bits per heavy atom. The number of phenols is 3. The third kappa shape index (κ3) is 4.19. The summed E-state index contributed by atoms with van der Waals surface area (Å²) in [4.78, 5) is 0. The minimum absolute atomic E-state index is 0.186. The lowest BCUT2D eigenvalue weighted by molar-refractivity contribution is 0.453. The monoisotopic (exact) mass is 424 g/mol. The first-order valence-corrected chi connectivity index (χ1v) is 10.8. The van der Waals surface area contributed by atoms with Crippen molar-refractivity contribution in [1.82, 2.24) is 0 Å². The highest BCUT2D eigenvalue weighted by molar-refractivity contribution is 5.48. The lowest BCUT2D eigenvalue weighted by Crippen LogP contribution is -2.19. The molecular weight excluding hydrogens is 396 g/mol. The Balaban J connectivity index is 1.68. The lowest BCUT2D eigenvalue weighted by Gasteiger charge is -2.27. The van der Waals surface area contributed by atoms with Crippen molar-refractivity contribution < 1.29 is 15.3 Å². The van der Waals surface area contributed by atoms with Crippen LogP contribution in [0.4, 0.5) is 0 Å². The van der Waals surface area contributed by atoms with E-state index in [2.05, 4.69) is 38.1 Å². The minimum Gasteiger partial charge on any atom is -0.508 e. The van der Waals surface area contributed by atoms with Crippen LogP contribution in [0.2, 0.25) is 0 Å². The van der Waals surface area contributed by atoms with Crippen molar-refractivity contribution >= 4 is 0 Å². The molecule has 0 radical (unpaired) electrons. The van der Waals surface area contributed by atoms with Crippen LogP contribution in [0, 0.1) is 0 Å². The molecule has 32 heavy (non-hydrogen) atoms. The van der Waals surface area contributed by atoms with E-state index in [0.29, 0.717) is 12.2 Å². The summed E-state index contributed by atoms with van der Waals surface area (Å²) in [5.41, 5.74) is 4.30. The van der Waals surface area contributed by atoms with Gasteiger partial charge in [0.05, 0.1) is 0 Å². The average Bonchev–Trinajstić information content (AvgIpc) is 2.79. The van der Waals surface area contributed by atoms with E-state index in [1.54, 1.807) is 30.3 Å². The maximum Gasteiger partial charge on any atom is 0.119 e. The first-order valence-electron chi connectivity index (χ1n) is 10.8. The summed E-state index contributed by atoms with van der Waals surface area (Å²) < 4.78 is 0. The van der Waals surface area contributed by atoms with Crippen LogP contribution in [-0.2, 0) is 11.8 Å². The van der Waals surface area contributed by atoms with Crippen LogP contribution in [0.15, 0.2) is 97.1 Å². The summed E-state index contributed by atoms with van der Waals surface area (Å²) in [5, 5.41) is 31.4. The third-order valence-corrected chi connectivity index (χ3v) is 6.32. The Labute approximate surface area is 189 Å². The summed E-state index contributed by atoms with van der Waals surface area (Å²) in [5.74, 6) is 0.547. The molecule has 4 aromatic carbocycles. The van der Waals surface area contributed by atoms with Gasteiger partial charge >= 0.3 is 0 Å². The second-order valence-electron chi connectivity index (χ2n) is 8.71. The number of hydrogen-bond acceptors (Lipinski definition) is 3. The SMILES string of the molecule is CC(C)(c1ccc(CC(c2ccccc2O)c2ccccc2O)cc1)c1ccccc1O. The fourth-order valence-corrected chi connectivity index (χ4v) is 4.40. The van der Waals surface area contributed by atoms with Crippen molar-refractivity contribution in [2.75, 3.05) is 0 Å². The standard InChI is InChI=1S/C29H28O3/c1-29(2,25-11-5-8-14-28(25)32)21-17-15-20(16-18-21)19-24(22-9-3-6-12-26(22)30)23-10-4-7-13-27(23)31/h3-18,24,30-32H,19H2,1-2H3. The molecule has 162 valence electrons. The highest BCUT2D eigenvalue weighted by Gasteiger charge is 2.26. The van der Waals surface area contributed by atoms with Crippen LogP contribution >= 0.6 is 0 Å². The zero-order valence-corrected chi connectivity index (χ0v) is 18.4. The molecule has 0 heterocycles. The molecule has 0 fully saturated rings. The molecule has 0 aliphatic rings. The van der Waals surface area contributed by atoms with E-state index in [9.17, 15) is 15.3 Å². The van der Waals surface area contributed by atoms with Crippen LogP contribution in [0.25, 0.3) is 0 Å². The molecule has 0 spiro atoms. The molecular formula is C29H28O3. The second-order valence-corrected chi connectivity index (χ2v) is 8.71. The van der Waals surface area contributed by atoms with E-state index < -0.39 is 0 Å². The molecule has 3 N–H and O–H groups in total. The Kier molecular flexibility index (Phi) is 5.91. The van der Waals surface area contributed by atoms with E-state index in [1.165, 1.54) is 0 Å². The van der Waals surface area contributed by atoms with Crippen molar-refractivity contribution in [3.8, 4) is 17.2 Å². The summed E-state index contributed by atoms with van der Waals surface area (Å²) in [6.45, 7) is 4.20.